The second-order valence-electron chi connectivity index (χ2n) is 13.3. The Hall–Kier alpha value is -3.41. The van der Waals surface area contributed by atoms with Crippen LogP contribution in [0.5, 0.6) is 5.75 Å². The smallest absolute Gasteiger partial charge is 0.225 e. The fourth-order valence-electron chi connectivity index (χ4n) is 6.69. The summed E-state index contributed by atoms with van der Waals surface area (Å²) in [5.41, 5.74) is 0.587. The predicted octanol–water partition coefficient (Wildman–Crippen LogP) is 3.75. The minimum Gasteiger partial charge on any atom is -0.497 e. The van der Waals surface area contributed by atoms with Crippen molar-refractivity contribution in [1.82, 2.24) is 15.4 Å². The molecule has 11 heteroatoms. The van der Waals surface area contributed by atoms with E-state index in [1.54, 1.807) is 27.0 Å². The molecule has 1 aromatic carbocycles. The van der Waals surface area contributed by atoms with Crippen LogP contribution in [-0.4, -0.2) is 91.5 Å². The third-order valence-electron chi connectivity index (χ3n) is 9.60. The van der Waals surface area contributed by atoms with Crippen LogP contribution in [0.2, 0.25) is 0 Å². The Labute approximate surface area is 270 Å². The Morgan fingerprint density at radius 2 is 1.76 bits per heavy atom. The molecule has 2 aromatic rings. The number of carbonyl (C=O) groups is 4. The molecule has 1 amide bonds. The summed E-state index contributed by atoms with van der Waals surface area (Å²) in [6, 6.07) is 8.04. The van der Waals surface area contributed by atoms with Crippen LogP contribution >= 0.6 is 0 Å². The van der Waals surface area contributed by atoms with Crippen LogP contribution in [0, 0.1) is 24.7 Å². The van der Waals surface area contributed by atoms with Gasteiger partial charge in [0.05, 0.1) is 44.6 Å². The maximum absolute atomic E-state index is 14.2. The number of hydrogen-bond acceptors (Lipinski definition) is 10. The Bertz CT molecular complexity index is 1360. The predicted molar refractivity (Wildman–Crippen MR) is 169 cm³/mol. The largest absolute Gasteiger partial charge is 0.497 e. The molecule has 1 aromatic heterocycles. The first-order valence-electron chi connectivity index (χ1n) is 16.5. The molecular formula is C35H47N3O8. The zero-order valence-electron chi connectivity index (χ0n) is 27.3. The number of aryl methyl sites for hydroxylation is 1. The summed E-state index contributed by atoms with van der Waals surface area (Å²) in [6.45, 7) is 6.59. The molecule has 2 saturated heterocycles. The standard InChI is InChI=1S/C35H47N3O8/c1-23-16-32(46-37-23)31(40)20-27(21-38-12-14-44-15-13-38)34(42)36-29(18-25-8-10-28(43-3)11-9-25)30(39)19-26(17-24-6-4-5-7-24)33(41)35(2)22-45-35/h8-11,16,24,26-27,29H,4-7,12-15,17-22H2,1-3H3,(H,36,42)/t26-,27+,29+,35-/m1/s1. The molecule has 250 valence electrons. The first-order valence-corrected chi connectivity index (χ1v) is 16.5. The number of ether oxygens (including phenoxy) is 3. The number of aromatic nitrogens is 1. The highest BCUT2D eigenvalue weighted by atomic mass is 16.6. The second kappa shape index (κ2) is 15.5. The van der Waals surface area contributed by atoms with E-state index in [4.69, 9.17) is 18.7 Å². The van der Waals surface area contributed by atoms with E-state index in [1.807, 2.05) is 24.3 Å². The molecule has 46 heavy (non-hydrogen) atoms. The molecule has 3 aliphatic rings. The lowest BCUT2D eigenvalue weighted by atomic mass is 9.81. The van der Waals surface area contributed by atoms with Gasteiger partial charge in [0.1, 0.15) is 11.4 Å². The lowest BCUT2D eigenvalue weighted by Gasteiger charge is -2.30. The first kappa shape index (κ1) is 33.9. The number of nitrogens with one attached hydrogen (secondary N) is 1. The van der Waals surface area contributed by atoms with Crippen molar-refractivity contribution in [2.45, 2.75) is 76.9 Å². The summed E-state index contributed by atoms with van der Waals surface area (Å²) in [6.07, 6.45) is 5.22. The van der Waals surface area contributed by atoms with Crippen molar-refractivity contribution in [2.24, 2.45) is 17.8 Å². The highest BCUT2D eigenvalue weighted by molar-refractivity contribution is 5.99. The Morgan fingerprint density at radius 3 is 2.37 bits per heavy atom. The van der Waals surface area contributed by atoms with Crippen molar-refractivity contribution in [3.05, 3.63) is 47.3 Å². The molecule has 11 nitrogen and oxygen atoms in total. The number of methoxy groups -OCH3 is 1. The summed E-state index contributed by atoms with van der Waals surface area (Å²) in [5, 5.41) is 6.84. The molecule has 0 bridgehead atoms. The number of amides is 1. The minimum atomic E-state index is -0.887. The zero-order valence-corrected chi connectivity index (χ0v) is 27.3. The van der Waals surface area contributed by atoms with Gasteiger partial charge >= 0.3 is 0 Å². The third kappa shape index (κ3) is 9.11. The van der Waals surface area contributed by atoms with E-state index in [0.29, 0.717) is 63.2 Å². The van der Waals surface area contributed by atoms with Crippen LogP contribution in [0.15, 0.2) is 34.9 Å². The van der Waals surface area contributed by atoms with Crippen molar-refractivity contribution < 1.29 is 37.9 Å². The summed E-state index contributed by atoms with van der Waals surface area (Å²) in [5.74, 6) is -0.967. The molecule has 0 spiro atoms. The number of carbonyl (C=O) groups excluding carboxylic acids is 4. The number of Topliss-reactive ketones (excluding diaryl/α,β-unsaturated/α-hetero) is 3. The zero-order chi connectivity index (χ0) is 32.7. The normalized spacial score (nSPS) is 22.2. The summed E-state index contributed by atoms with van der Waals surface area (Å²) in [4.78, 5) is 57.0. The van der Waals surface area contributed by atoms with Gasteiger partial charge in [0.25, 0.3) is 0 Å². The van der Waals surface area contributed by atoms with Crippen LogP contribution in [0.3, 0.4) is 0 Å². The van der Waals surface area contributed by atoms with E-state index in [2.05, 4.69) is 15.4 Å². The van der Waals surface area contributed by atoms with E-state index in [-0.39, 0.29) is 48.3 Å². The van der Waals surface area contributed by atoms with Gasteiger partial charge in [0.2, 0.25) is 17.5 Å². The van der Waals surface area contributed by atoms with Gasteiger partial charge in [-0.3, -0.25) is 24.1 Å². The molecule has 1 saturated carbocycles. The van der Waals surface area contributed by atoms with E-state index < -0.39 is 23.5 Å². The van der Waals surface area contributed by atoms with Gasteiger partial charge < -0.3 is 24.1 Å². The molecule has 0 radical (unpaired) electrons. The maximum atomic E-state index is 14.2. The molecule has 1 aliphatic carbocycles. The van der Waals surface area contributed by atoms with Gasteiger partial charge in [-0.05, 0) is 50.3 Å². The molecule has 4 atom stereocenters. The van der Waals surface area contributed by atoms with Crippen LogP contribution in [0.1, 0.15) is 73.7 Å². The SMILES string of the molecule is COc1ccc(C[C@H](NC(=O)[C@@H](CC(=O)c2cc(C)no2)CN2CCOCC2)C(=O)C[C@@H](CC2CCCC2)C(=O)[C@@]2(C)CO2)cc1. The fraction of sp³-hybridized carbons (Fsp3) is 0.629. The van der Waals surface area contributed by atoms with E-state index in [1.165, 1.54) is 0 Å². The molecule has 3 heterocycles. The fourth-order valence-corrected chi connectivity index (χ4v) is 6.69. The van der Waals surface area contributed by atoms with Gasteiger partial charge in [0, 0.05) is 44.5 Å². The average Bonchev–Trinajstić information content (AvgIpc) is 3.38. The van der Waals surface area contributed by atoms with E-state index >= 15 is 0 Å². The number of benzene rings is 1. The number of hydrogen-bond donors (Lipinski definition) is 1. The maximum Gasteiger partial charge on any atom is 0.225 e. The van der Waals surface area contributed by atoms with Gasteiger partial charge in [-0.15, -0.1) is 0 Å². The molecule has 5 rings (SSSR count). The van der Waals surface area contributed by atoms with Crippen molar-refractivity contribution in [1.29, 1.82) is 0 Å². The topological polar surface area (TPSA) is 141 Å². The lowest BCUT2D eigenvalue weighted by Crippen LogP contribution is -2.49. The Morgan fingerprint density at radius 1 is 1.07 bits per heavy atom. The number of nitrogens with zero attached hydrogens (tertiary/aromatic N) is 2. The summed E-state index contributed by atoms with van der Waals surface area (Å²) >= 11 is 0. The molecular weight excluding hydrogens is 590 g/mol. The van der Waals surface area contributed by atoms with Crippen molar-refractivity contribution in [3.63, 3.8) is 0 Å². The van der Waals surface area contributed by atoms with Crippen molar-refractivity contribution in [2.75, 3.05) is 46.6 Å². The number of ketones is 3. The number of epoxide rings is 1. The number of morpholine rings is 1. The van der Waals surface area contributed by atoms with Gasteiger partial charge in [-0.1, -0.05) is 43.0 Å². The highest BCUT2D eigenvalue weighted by Gasteiger charge is 2.50. The van der Waals surface area contributed by atoms with E-state index in [9.17, 15) is 19.2 Å². The molecule has 2 aliphatic heterocycles. The third-order valence-corrected chi connectivity index (χ3v) is 9.60. The first-order chi connectivity index (χ1) is 22.1. The van der Waals surface area contributed by atoms with Crippen LogP contribution in [0.25, 0.3) is 0 Å². The van der Waals surface area contributed by atoms with Crippen LogP contribution in [-0.2, 0) is 30.3 Å². The molecule has 3 fully saturated rings. The second-order valence-corrected chi connectivity index (χ2v) is 13.3. The van der Waals surface area contributed by atoms with Gasteiger partial charge in [0.15, 0.2) is 11.6 Å². The van der Waals surface area contributed by atoms with Crippen molar-refractivity contribution in [3.8, 4) is 5.75 Å². The monoisotopic (exact) mass is 637 g/mol. The van der Waals surface area contributed by atoms with E-state index in [0.717, 1.165) is 31.2 Å². The Kier molecular flexibility index (Phi) is 11.4. The summed E-state index contributed by atoms with van der Waals surface area (Å²) < 4.78 is 21.5. The molecule has 1 N–H and O–H groups in total. The molecule has 0 unspecified atom stereocenters. The van der Waals surface area contributed by atoms with Gasteiger partial charge in [-0.25, -0.2) is 0 Å². The number of rotatable bonds is 17. The van der Waals surface area contributed by atoms with Gasteiger partial charge in [-0.2, -0.15) is 0 Å². The van der Waals surface area contributed by atoms with Crippen LogP contribution < -0.4 is 10.1 Å². The lowest BCUT2D eigenvalue weighted by molar-refractivity contribution is -0.134. The average molecular weight is 638 g/mol. The quantitative estimate of drug-likeness (QED) is 0.201. The highest BCUT2D eigenvalue weighted by Crippen LogP contribution is 2.37. The summed E-state index contributed by atoms with van der Waals surface area (Å²) in [7, 11) is 1.59. The van der Waals surface area contributed by atoms with Crippen molar-refractivity contribution >= 4 is 23.3 Å². The minimum absolute atomic E-state index is 0.0274. The van der Waals surface area contributed by atoms with Crippen LogP contribution in [0.4, 0.5) is 0 Å². The Balaban J connectivity index is 1.36.